The van der Waals surface area contributed by atoms with Crippen molar-refractivity contribution >= 4 is 39.1 Å². The zero-order valence-corrected chi connectivity index (χ0v) is 12.3. The van der Waals surface area contributed by atoms with Gasteiger partial charge in [-0.25, -0.2) is 0 Å². The number of benzene rings is 2. The first kappa shape index (κ1) is 13.9. The fraction of sp³-hybridized carbons (Fsp3) is 0.0714. The Balaban J connectivity index is 2.05. The molecule has 0 aliphatic carbocycles. The first-order valence-electron chi connectivity index (χ1n) is 5.64. The lowest BCUT2D eigenvalue weighted by molar-refractivity contribution is 0.0951. The number of nitrogen functional groups attached to an aromatic ring is 1. The number of carbonyl (C=O) groups is 1. The van der Waals surface area contributed by atoms with E-state index < -0.39 is 0 Å². The first-order chi connectivity index (χ1) is 9.06. The Labute approximate surface area is 124 Å². The number of amides is 1. The second kappa shape index (κ2) is 6.08. The molecule has 1 amide bonds. The Morgan fingerprint density at radius 2 is 1.89 bits per heavy atom. The Kier molecular flexibility index (Phi) is 4.45. The molecule has 0 aliphatic heterocycles. The van der Waals surface area contributed by atoms with Gasteiger partial charge in [-0.2, -0.15) is 0 Å². The largest absolute Gasteiger partial charge is 0.398 e. The van der Waals surface area contributed by atoms with Gasteiger partial charge < -0.3 is 11.1 Å². The Bertz CT molecular complexity index is 599. The third kappa shape index (κ3) is 3.72. The summed E-state index contributed by atoms with van der Waals surface area (Å²) in [5, 5.41) is 3.49. The van der Waals surface area contributed by atoms with Crippen LogP contribution in [0.3, 0.4) is 0 Å². The van der Waals surface area contributed by atoms with Crippen molar-refractivity contribution in [2.45, 2.75) is 6.54 Å². The van der Waals surface area contributed by atoms with Crippen molar-refractivity contribution in [3.8, 4) is 0 Å². The molecule has 0 atom stereocenters. The van der Waals surface area contributed by atoms with E-state index in [1.165, 1.54) is 0 Å². The van der Waals surface area contributed by atoms with Crippen LogP contribution in [0.25, 0.3) is 0 Å². The van der Waals surface area contributed by atoms with E-state index in [1.54, 1.807) is 30.3 Å². The molecule has 3 N–H and O–H groups in total. The fourth-order valence-corrected chi connectivity index (χ4v) is 2.09. The molecular weight excluding hydrogens is 328 g/mol. The van der Waals surface area contributed by atoms with Crippen molar-refractivity contribution in [2.24, 2.45) is 0 Å². The number of carbonyl (C=O) groups excluding carboxylic acids is 1. The molecule has 2 aromatic rings. The first-order valence-corrected chi connectivity index (χ1v) is 6.81. The summed E-state index contributed by atoms with van der Waals surface area (Å²) >= 11 is 9.12. The maximum atomic E-state index is 12.0. The molecule has 0 heterocycles. The minimum Gasteiger partial charge on any atom is -0.398 e. The van der Waals surface area contributed by atoms with Crippen molar-refractivity contribution < 1.29 is 4.79 Å². The maximum Gasteiger partial charge on any atom is 0.253 e. The van der Waals surface area contributed by atoms with E-state index in [1.807, 2.05) is 12.1 Å². The number of anilines is 1. The van der Waals surface area contributed by atoms with Crippen LogP contribution >= 0.6 is 27.5 Å². The number of nitrogens with one attached hydrogen (secondary N) is 1. The molecule has 0 spiro atoms. The van der Waals surface area contributed by atoms with E-state index in [9.17, 15) is 4.79 Å². The molecule has 5 heteroatoms. The Morgan fingerprint density at radius 3 is 2.58 bits per heavy atom. The number of hydrogen-bond acceptors (Lipinski definition) is 2. The predicted octanol–water partition coefficient (Wildman–Crippen LogP) is 3.61. The van der Waals surface area contributed by atoms with Crippen LogP contribution in [0.15, 0.2) is 46.9 Å². The summed E-state index contributed by atoms with van der Waals surface area (Å²) in [6, 6.07) is 12.5. The van der Waals surface area contributed by atoms with Crippen LogP contribution < -0.4 is 11.1 Å². The summed E-state index contributed by atoms with van der Waals surface area (Å²) in [7, 11) is 0. The van der Waals surface area contributed by atoms with Gasteiger partial charge in [0.25, 0.3) is 5.91 Å². The molecule has 0 saturated carbocycles. The number of halogens is 2. The third-order valence-electron chi connectivity index (χ3n) is 2.63. The van der Waals surface area contributed by atoms with Gasteiger partial charge >= 0.3 is 0 Å². The van der Waals surface area contributed by atoms with Gasteiger partial charge in [-0.3, -0.25) is 4.79 Å². The van der Waals surface area contributed by atoms with Crippen molar-refractivity contribution in [1.82, 2.24) is 5.32 Å². The van der Waals surface area contributed by atoms with Gasteiger partial charge in [-0.1, -0.05) is 39.7 Å². The zero-order valence-electron chi connectivity index (χ0n) is 9.99. The van der Waals surface area contributed by atoms with Crippen LogP contribution in [-0.2, 0) is 6.54 Å². The molecule has 19 heavy (non-hydrogen) atoms. The normalized spacial score (nSPS) is 10.2. The highest BCUT2D eigenvalue weighted by Gasteiger charge is 2.09. The summed E-state index contributed by atoms with van der Waals surface area (Å²) in [4.78, 5) is 12.0. The molecule has 0 bridgehead atoms. The average Bonchev–Trinajstić information content (AvgIpc) is 2.40. The Morgan fingerprint density at radius 1 is 1.21 bits per heavy atom. The molecule has 2 aromatic carbocycles. The molecule has 0 saturated heterocycles. The topological polar surface area (TPSA) is 55.1 Å². The van der Waals surface area contributed by atoms with Gasteiger partial charge in [-0.05, 0) is 35.9 Å². The molecule has 0 fully saturated rings. The lowest BCUT2D eigenvalue weighted by Crippen LogP contribution is -2.23. The molecule has 0 aliphatic rings. The third-order valence-corrected chi connectivity index (χ3v) is 3.37. The molecule has 2 rings (SSSR count). The SMILES string of the molecule is Nc1ccc(Br)cc1C(=O)NCc1ccc(Cl)cc1. The lowest BCUT2D eigenvalue weighted by Gasteiger charge is -2.08. The van der Waals surface area contributed by atoms with Crippen LogP contribution in [-0.4, -0.2) is 5.91 Å². The van der Waals surface area contributed by atoms with E-state index in [-0.39, 0.29) is 5.91 Å². The van der Waals surface area contributed by atoms with E-state index in [2.05, 4.69) is 21.2 Å². The summed E-state index contributed by atoms with van der Waals surface area (Å²) in [5.74, 6) is -0.200. The van der Waals surface area contributed by atoms with Crippen LogP contribution in [0, 0.1) is 0 Å². The van der Waals surface area contributed by atoms with Crippen LogP contribution in [0.1, 0.15) is 15.9 Å². The van der Waals surface area contributed by atoms with Gasteiger partial charge in [0.1, 0.15) is 0 Å². The molecule has 3 nitrogen and oxygen atoms in total. The summed E-state index contributed by atoms with van der Waals surface area (Å²) in [5.41, 5.74) is 7.67. The smallest absolute Gasteiger partial charge is 0.253 e. The van der Waals surface area contributed by atoms with E-state index in [0.717, 1.165) is 10.0 Å². The highest BCUT2D eigenvalue weighted by Crippen LogP contribution is 2.18. The van der Waals surface area contributed by atoms with Crippen molar-refractivity contribution in [2.75, 3.05) is 5.73 Å². The quantitative estimate of drug-likeness (QED) is 0.839. The summed E-state index contributed by atoms with van der Waals surface area (Å²) < 4.78 is 0.818. The molecule has 98 valence electrons. The van der Waals surface area contributed by atoms with Crippen molar-refractivity contribution in [3.05, 3.63) is 63.1 Å². The van der Waals surface area contributed by atoms with Gasteiger partial charge in [-0.15, -0.1) is 0 Å². The molecular formula is C14H12BrClN2O. The van der Waals surface area contributed by atoms with Gasteiger partial charge in [0.2, 0.25) is 0 Å². The van der Waals surface area contributed by atoms with E-state index >= 15 is 0 Å². The van der Waals surface area contributed by atoms with E-state index in [0.29, 0.717) is 22.8 Å². The van der Waals surface area contributed by atoms with Crippen molar-refractivity contribution in [3.63, 3.8) is 0 Å². The molecule has 0 radical (unpaired) electrons. The fourth-order valence-electron chi connectivity index (χ4n) is 1.60. The van der Waals surface area contributed by atoms with Gasteiger partial charge in [0.05, 0.1) is 5.56 Å². The average molecular weight is 340 g/mol. The van der Waals surface area contributed by atoms with Crippen LogP contribution in [0.4, 0.5) is 5.69 Å². The predicted molar refractivity (Wildman–Crippen MR) is 81.2 cm³/mol. The summed E-state index contributed by atoms with van der Waals surface area (Å²) in [6.45, 7) is 0.432. The minimum atomic E-state index is -0.200. The number of nitrogens with two attached hydrogens (primary N) is 1. The zero-order chi connectivity index (χ0) is 13.8. The second-order valence-electron chi connectivity index (χ2n) is 4.04. The highest BCUT2D eigenvalue weighted by molar-refractivity contribution is 9.10. The highest BCUT2D eigenvalue weighted by atomic mass is 79.9. The molecule has 0 aromatic heterocycles. The monoisotopic (exact) mass is 338 g/mol. The summed E-state index contributed by atoms with van der Waals surface area (Å²) in [6.07, 6.45) is 0. The van der Waals surface area contributed by atoms with E-state index in [4.69, 9.17) is 17.3 Å². The van der Waals surface area contributed by atoms with Crippen molar-refractivity contribution in [1.29, 1.82) is 0 Å². The standard InChI is InChI=1S/C14H12BrClN2O/c15-10-3-6-13(17)12(7-10)14(19)18-8-9-1-4-11(16)5-2-9/h1-7H,8,17H2,(H,18,19). The second-order valence-corrected chi connectivity index (χ2v) is 5.39. The maximum absolute atomic E-state index is 12.0. The Hall–Kier alpha value is -1.52. The molecule has 0 unspecified atom stereocenters. The van der Waals surface area contributed by atoms with Crippen LogP contribution in [0.2, 0.25) is 5.02 Å². The van der Waals surface area contributed by atoms with Gasteiger partial charge in [0, 0.05) is 21.7 Å². The lowest BCUT2D eigenvalue weighted by atomic mass is 10.1. The van der Waals surface area contributed by atoms with Crippen LogP contribution in [0.5, 0.6) is 0 Å². The number of hydrogen-bond donors (Lipinski definition) is 2. The van der Waals surface area contributed by atoms with Gasteiger partial charge in [0.15, 0.2) is 0 Å². The minimum absolute atomic E-state index is 0.200. The number of rotatable bonds is 3.